The van der Waals surface area contributed by atoms with E-state index in [0.29, 0.717) is 5.69 Å². The number of hydrazone groups is 1. The summed E-state index contributed by atoms with van der Waals surface area (Å²) in [7, 11) is -3.56. The Bertz CT molecular complexity index is 702. The molecule has 1 aromatic rings. The van der Waals surface area contributed by atoms with E-state index in [-0.39, 0.29) is 6.54 Å². The maximum Gasteiger partial charge on any atom is 0.260 e. The molecule has 0 radical (unpaired) electrons. The van der Waals surface area contributed by atoms with Crippen LogP contribution in [0.1, 0.15) is 51.0 Å². The lowest BCUT2D eigenvalue weighted by Gasteiger charge is -2.21. The molecular formula is C18H27N3O3S. The molecule has 1 N–H and O–H groups in total. The van der Waals surface area contributed by atoms with Crippen molar-refractivity contribution in [3.05, 3.63) is 29.8 Å². The highest BCUT2D eigenvalue weighted by molar-refractivity contribution is 7.92. The highest BCUT2D eigenvalue weighted by atomic mass is 32.2. The van der Waals surface area contributed by atoms with Gasteiger partial charge in [0.1, 0.15) is 6.54 Å². The summed E-state index contributed by atoms with van der Waals surface area (Å²) < 4.78 is 25.3. The Hall–Kier alpha value is -1.89. The van der Waals surface area contributed by atoms with Crippen LogP contribution >= 0.6 is 0 Å². The van der Waals surface area contributed by atoms with E-state index in [2.05, 4.69) is 10.5 Å². The second-order valence-corrected chi connectivity index (χ2v) is 8.32. The monoisotopic (exact) mass is 365 g/mol. The number of benzene rings is 1. The van der Waals surface area contributed by atoms with E-state index in [1.54, 1.807) is 12.1 Å². The van der Waals surface area contributed by atoms with Crippen LogP contribution in [0.3, 0.4) is 0 Å². The molecule has 0 bridgehead atoms. The third-order valence-corrected chi connectivity index (χ3v) is 5.48. The van der Waals surface area contributed by atoms with Gasteiger partial charge in [-0.2, -0.15) is 5.10 Å². The number of sulfonamides is 1. The van der Waals surface area contributed by atoms with Crippen molar-refractivity contribution in [3.63, 3.8) is 0 Å². The fraction of sp³-hybridized carbons (Fsp3) is 0.556. The molecule has 1 aliphatic carbocycles. The molecule has 0 aromatic heterocycles. The lowest BCUT2D eigenvalue weighted by atomic mass is 10.1. The molecule has 2 rings (SSSR count). The summed E-state index contributed by atoms with van der Waals surface area (Å²) in [6.07, 6.45) is 8.35. The smallest absolute Gasteiger partial charge is 0.260 e. The largest absolute Gasteiger partial charge is 0.271 e. The van der Waals surface area contributed by atoms with E-state index >= 15 is 0 Å². The molecule has 0 aliphatic heterocycles. The van der Waals surface area contributed by atoms with E-state index in [1.807, 2.05) is 19.1 Å². The molecule has 0 saturated heterocycles. The molecule has 25 heavy (non-hydrogen) atoms. The highest BCUT2D eigenvalue weighted by Crippen LogP contribution is 2.18. The Morgan fingerprint density at radius 1 is 1.12 bits per heavy atom. The number of rotatable bonds is 6. The second-order valence-electron chi connectivity index (χ2n) is 6.42. The second kappa shape index (κ2) is 8.99. The number of hydrogen-bond donors (Lipinski definition) is 1. The minimum absolute atomic E-state index is 0.277. The summed E-state index contributed by atoms with van der Waals surface area (Å²) in [5.41, 5.74) is 5.10. The number of carbonyl (C=O) groups excluding carboxylic acids is 1. The zero-order valence-electron chi connectivity index (χ0n) is 15.0. The van der Waals surface area contributed by atoms with Gasteiger partial charge >= 0.3 is 0 Å². The molecule has 1 amide bonds. The summed E-state index contributed by atoms with van der Waals surface area (Å²) in [6, 6.07) is 7.20. The van der Waals surface area contributed by atoms with Crippen LogP contribution in [0.15, 0.2) is 29.4 Å². The van der Waals surface area contributed by atoms with Gasteiger partial charge in [-0.1, -0.05) is 31.9 Å². The van der Waals surface area contributed by atoms with Crippen molar-refractivity contribution >= 4 is 27.3 Å². The van der Waals surface area contributed by atoms with Crippen molar-refractivity contribution in [1.29, 1.82) is 0 Å². The summed E-state index contributed by atoms with van der Waals surface area (Å²) in [5.74, 6) is -0.429. The van der Waals surface area contributed by atoms with Crippen molar-refractivity contribution in [1.82, 2.24) is 5.43 Å². The van der Waals surface area contributed by atoms with Gasteiger partial charge in [-0.3, -0.25) is 9.10 Å². The Morgan fingerprint density at radius 2 is 1.72 bits per heavy atom. The summed E-state index contributed by atoms with van der Waals surface area (Å²) in [5, 5.41) is 4.19. The van der Waals surface area contributed by atoms with Gasteiger partial charge in [0, 0.05) is 5.71 Å². The summed E-state index contributed by atoms with van der Waals surface area (Å²) >= 11 is 0. The zero-order chi connectivity index (χ0) is 18.3. The first kappa shape index (κ1) is 19.4. The molecular weight excluding hydrogens is 338 g/mol. The Labute approximate surface area is 150 Å². The molecule has 0 atom stereocenters. The van der Waals surface area contributed by atoms with Crippen LogP contribution in [0.4, 0.5) is 5.69 Å². The fourth-order valence-electron chi connectivity index (χ4n) is 2.85. The predicted molar refractivity (Wildman–Crippen MR) is 101 cm³/mol. The van der Waals surface area contributed by atoms with Gasteiger partial charge < -0.3 is 0 Å². The number of amides is 1. The Morgan fingerprint density at radius 3 is 2.24 bits per heavy atom. The van der Waals surface area contributed by atoms with E-state index in [0.717, 1.165) is 53.9 Å². The normalized spacial score (nSPS) is 15.4. The van der Waals surface area contributed by atoms with E-state index < -0.39 is 15.9 Å². The Kier molecular flexibility index (Phi) is 6.99. The van der Waals surface area contributed by atoms with Crippen LogP contribution < -0.4 is 9.73 Å². The first-order valence-corrected chi connectivity index (χ1v) is 10.7. The maximum atomic E-state index is 12.2. The van der Waals surface area contributed by atoms with Crippen molar-refractivity contribution in [2.75, 3.05) is 17.1 Å². The first-order valence-electron chi connectivity index (χ1n) is 8.81. The van der Waals surface area contributed by atoms with Crippen molar-refractivity contribution < 1.29 is 13.2 Å². The third-order valence-electron chi connectivity index (χ3n) is 4.34. The molecule has 1 fully saturated rings. The standard InChI is InChI=1S/C18H27N3O3S/c1-3-15-10-12-17(13-11-15)21(25(2,23)24)14-18(22)20-19-16-8-6-4-5-7-9-16/h10-13H,3-9,14H2,1-2H3,(H,20,22). The molecule has 138 valence electrons. The first-order chi connectivity index (χ1) is 11.9. The molecule has 0 heterocycles. The third kappa shape index (κ3) is 6.16. The topological polar surface area (TPSA) is 78.8 Å². The van der Waals surface area contributed by atoms with E-state index in [9.17, 15) is 13.2 Å². The minimum Gasteiger partial charge on any atom is -0.271 e. The van der Waals surface area contributed by atoms with Gasteiger partial charge in [-0.05, 0) is 49.8 Å². The zero-order valence-corrected chi connectivity index (χ0v) is 15.8. The molecule has 7 heteroatoms. The van der Waals surface area contributed by atoms with Gasteiger partial charge in [0.2, 0.25) is 10.0 Å². The number of anilines is 1. The molecule has 6 nitrogen and oxygen atoms in total. The van der Waals surface area contributed by atoms with Crippen LogP contribution in [0, 0.1) is 0 Å². The molecule has 1 aliphatic rings. The lowest BCUT2D eigenvalue weighted by molar-refractivity contribution is -0.119. The van der Waals surface area contributed by atoms with Crippen molar-refractivity contribution in [2.24, 2.45) is 5.10 Å². The predicted octanol–water partition coefficient (Wildman–Crippen LogP) is 2.84. The summed E-state index contributed by atoms with van der Waals surface area (Å²) in [4.78, 5) is 12.2. The number of nitrogens with one attached hydrogen (secondary N) is 1. The number of aryl methyl sites for hydroxylation is 1. The van der Waals surface area contributed by atoms with Crippen LogP contribution in [-0.2, 0) is 21.2 Å². The Balaban J connectivity index is 2.06. The van der Waals surface area contributed by atoms with E-state index in [4.69, 9.17) is 0 Å². The van der Waals surface area contributed by atoms with Gasteiger partial charge in [0.05, 0.1) is 11.9 Å². The highest BCUT2D eigenvalue weighted by Gasteiger charge is 2.20. The average Bonchev–Trinajstić information content (AvgIpc) is 2.86. The van der Waals surface area contributed by atoms with Crippen molar-refractivity contribution in [3.8, 4) is 0 Å². The van der Waals surface area contributed by atoms with Gasteiger partial charge in [-0.15, -0.1) is 0 Å². The SMILES string of the molecule is CCc1ccc(N(CC(=O)NN=C2CCCCCC2)S(C)(=O)=O)cc1. The van der Waals surface area contributed by atoms with E-state index in [1.165, 1.54) is 12.8 Å². The molecule has 1 saturated carbocycles. The van der Waals surface area contributed by atoms with Gasteiger partial charge in [-0.25, -0.2) is 13.8 Å². The molecule has 1 aromatic carbocycles. The van der Waals surface area contributed by atoms with Crippen LogP contribution in [0.2, 0.25) is 0 Å². The van der Waals surface area contributed by atoms with Crippen molar-refractivity contribution in [2.45, 2.75) is 51.9 Å². The van der Waals surface area contributed by atoms with Gasteiger partial charge in [0.15, 0.2) is 0 Å². The quantitative estimate of drug-likeness (QED) is 0.622. The fourth-order valence-corrected chi connectivity index (χ4v) is 3.71. The number of carbonyl (C=O) groups is 1. The minimum atomic E-state index is -3.56. The maximum absolute atomic E-state index is 12.2. The van der Waals surface area contributed by atoms with Crippen LogP contribution in [-0.4, -0.2) is 32.8 Å². The van der Waals surface area contributed by atoms with Gasteiger partial charge in [0.25, 0.3) is 5.91 Å². The van der Waals surface area contributed by atoms with Crippen LogP contribution in [0.25, 0.3) is 0 Å². The molecule has 0 unspecified atom stereocenters. The average molecular weight is 365 g/mol. The lowest BCUT2D eigenvalue weighted by Crippen LogP contribution is -2.39. The summed E-state index contributed by atoms with van der Waals surface area (Å²) in [6.45, 7) is 1.75. The number of nitrogens with zero attached hydrogens (tertiary/aromatic N) is 2. The number of hydrogen-bond acceptors (Lipinski definition) is 4. The molecule has 0 spiro atoms. The van der Waals surface area contributed by atoms with Crippen LogP contribution in [0.5, 0.6) is 0 Å².